The largest absolute Gasteiger partial charge is 0.340 e. The van der Waals surface area contributed by atoms with Gasteiger partial charge in [0.15, 0.2) is 11.6 Å². The Balaban J connectivity index is 0.00000297. The number of benzene rings is 4. The highest BCUT2D eigenvalue weighted by Gasteiger charge is 2.45. The molecule has 0 saturated heterocycles. The number of fused-ring (bicyclic) bond motifs is 2. The summed E-state index contributed by atoms with van der Waals surface area (Å²) < 4.78 is 83.8. The van der Waals surface area contributed by atoms with Crippen molar-refractivity contribution in [2.45, 2.75) is 96.2 Å². The standard InChI is InChI=1S/C40H44F5N3S2.C2H4/c1-10-29-16-23(2)14-15-34(29)48(21-28-12-11-13-31(18-28)49-46-39(7,8)9)25(4)20-47-22-32-24(3)17-30(41)19-33(32)40(44,45)35-26(5)27(6)36(42)37(43)38(35)50-47;1-2/h11-19,46H,4,10,20-22H2,1-3,5-9H3;1-2H2. The number of halogens is 5. The van der Waals surface area contributed by atoms with Crippen molar-refractivity contribution in [3.8, 4) is 0 Å². The minimum Gasteiger partial charge on any atom is -0.340 e. The Bertz CT molecular complexity index is 1950. The third-order valence-electron chi connectivity index (χ3n) is 8.89. The van der Waals surface area contributed by atoms with Crippen LogP contribution >= 0.6 is 23.9 Å². The zero-order valence-electron chi connectivity index (χ0n) is 31.2. The fourth-order valence-corrected chi connectivity index (χ4v) is 8.19. The van der Waals surface area contributed by atoms with Gasteiger partial charge < -0.3 is 4.90 Å². The molecule has 0 unspecified atom stereocenters. The Kier molecular flexibility index (Phi) is 13.2. The molecule has 0 bridgehead atoms. The van der Waals surface area contributed by atoms with Crippen LogP contribution in [0.1, 0.15) is 77.8 Å². The van der Waals surface area contributed by atoms with Gasteiger partial charge in [0.1, 0.15) is 5.82 Å². The lowest BCUT2D eigenvalue weighted by Gasteiger charge is -2.36. The van der Waals surface area contributed by atoms with Gasteiger partial charge in [-0.25, -0.2) is 17.5 Å². The maximum absolute atomic E-state index is 16.5. The maximum Gasteiger partial charge on any atom is 0.300 e. The van der Waals surface area contributed by atoms with E-state index in [-0.39, 0.29) is 35.3 Å². The van der Waals surface area contributed by atoms with Crippen molar-refractivity contribution in [3.63, 3.8) is 0 Å². The molecule has 52 heavy (non-hydrogen) atoms. The summed E-state index contributed by atoms with van der Waals surface area (Å²) in [5.41, 5.74) is 3.82. The fourth-order valence-electron chi connectivity index (χ4n) is 6.20. The molecular weight excluding hydrogens is 706 g/mol. The maximum atomic E-state index is 16.5. The number of alkyl halides is 2. The van der Waals surface area contributed by atoms with E-state index in [9.17, 15) is 4.39 Å². The zero-order valence-corrected chi connectivity index (χ0v) is 32.9. The average Bonchev–Trinajstić information content (AvgIpc) is 3.08. The first-order valence-electron chi connectivity index (χ1n) is 17.1. The number of nitrogens with one attached hydrogen (secondary N) is 1. The first kappa shape index (κ1) is 41.2. The van der Waals surface area contributed by atoms with Crippen LogP contribution in [0.25, 0.3) is 0 Å². The van der Waals surface area contributed by atoms with Gasteiger partial charge in [-0.3, -0.25) is 4.72 Å². The molecule has 4 aromatic rings. The number of nitrogens with zero attached hydrogens (tertiary/aromatic N) is 2. The fraction of sp³-hybridized carbons (Fsp3) is 0.333. The van der Waals surface area contributed by atoms with Crippen LogP contribution < -0.4 is 9.62 Å². The molecule has 0 aromatic heterocycles. The molecule has 0 aliphatic carbocycles. The first-order chi connectivity index (χ1) is 24.4. The van der Waals surface area contributed by atoms with Gasteiger partial charge in [0.25, 0.3) is 5.92 Å². The molecule has 4 aromatic carbocycles. The Hall–Kier alpha value is -3.57. The highest BCUT2D eigenvalue weighted by molar-refractivity contribution is 7.97. The molecule has 1 aliphatic heterocycles. The van der Waals surface area contributed by atoms with Crippen molar-refractivity contribution in [1.82, 2.24) is 9.03 Å². The highest BCUT2D eigenvalue weighted by atomic mass is 32.2. The van der Waals surface area contributed by atoms with Crippen LogP contribution in [0.15, 0.2) is 89.8 Å². The van der Waals surface area contributed by atoms with Crippen LogP contribution in [0.3, 0.4) is 0 Å². The van der Waals surface area contributed by atoms with Gasteiger partial charge in [-0.05, 0) is 142 Å². The van der Waals surface area contributed by atoms with Crippen LogP contribution in [-0.2, 0) is 25.4 Å². The van der Waals surface area contributed by atoms with Crippen molar-refractivity contribution < 1.29 is 22.0 Å². The molecule has 1 aliphatic rings. The van der Waals surface area contributed by atoms with Crippen LogP contribution in [0.4, 0.5) is 27.6 Å². The molecule has 0 radical (unpaired) electrons. The molecular formula is C42H48F5N3S2. The van der Waals surface area contributed by atoms with E-state index in [0.717, 1.165) is 51.7 Å². The molecule has 10 heteroatoms. The Labute approximate surface area is 314 Å². The Morgan fingerprint density at radius 2 is 1.65 bits per heavy atom. The van der Waals surface area contributed by atoms with Gasteiger partial charge >= 0.3 is 0 Å². The van der Waals surface area contributed by atoms with E-state index in [2.05, 4.69) is 75.3 Å². The minimum atomic E-state index is -3.77. The summed E-state index contributed by atoms with van der Waals surface area (Å²) in [6.45, 7) is 25.6. The second-order valence-corrected chi connectivity index (χ2v) is 16.0. The molecule has 278 valence electrons. The van der Waals surface area contributed by atoms with Crippen molar-refractivity contribution >= 4 is 29.6 Å². The van der Waals surface area contributed by atoms with E-state index >= 15 is 17.6 Å². The summed E-state index contributed by atoms with van der Waals surface area (Å²) in [6, 6.07) is 16.5. The predicted molar refractivity (Wildman–Crippen MR) is 209 cm³/mol. The summed E-state index contributed by atoms with van der Waals surface area (Å²) in [6.07, 6.45) is 0.758. The third kappa shape index (κ3) is 8.96. The van der Waals surface area contributed by atoms with E-state index in [4.69, 9.17) is 0 Å². The van der Waals surface area contributed by atoms with Gasteiger partial charge in [-0.1, -0.05) is 43.3 Å². The quantitative estimate of drug-likeness (QED) is 0.104. The summed E-state index contributed by atoms with van der Waals surface area (Å²) in [7, 11) is 0. The second-order valence-electron chi connectivity index (χ2n) is 14.0. The number of hydrogen-bond acceptors (Lipinski definition) is 5. The number of rotatable bonds is 9. The first-order valence-corrected chi connectivity index (χ1v) is 18.7. The molecule has 5 rings (SSSR count). The van der Waals surface area contributed by atoms with Gasteiger partial charge in [-0.2, -0.15) is 8.78 Å². The van der Waals surface area contributed by atoms with Crippen LogP contribution in [-0.4, -0.2) is 16.4 Å². The van der Waals surface area contributed by atoms with Gasteiger partial charge in [-0.15, -0.1) is 13.2 Å². The van der Waals surface area contributed by atoms with Crippen LogP contribution in [0, 0.1) is 45.1 Å². The molecule has 0 amide bonds. The van der Waals surface area contributed by atoms with Crippen molar-refractivity contribution in [1.29, 1.82) is 0 Å². The summed E-state index contributed by atoms with van der Waals surface area (Å²) >= 11 is 2.30. The summed E-state index contributed by atoms with van der Waals surface area (Å²) in [4.78, 5) is 2.63. The monoisotopic (exact) mass is 753 g/mol. The van der Waals surface area contributed by atoms with Crippen molar-refractivity contribution in [2.24, 2.45) is 0 Å². The average molecular weight is 754 g/mol. The SMILES string of the molecule is C=C.C=C(CN1Cc2c(C)cc(F)cc2C(F)(F)c2c(C)c(C)c(F)c(F)c2S1)N(Cc1cccc(SNC(C)(C)C)c1)c1ccc(C)cc1CC. The summed E-state index contributed by atoms with van der Waals surface area (Å²) in [5.74, 6) is -7.11. The second kappa shape index (κ2) is 16.6. The lowest BCUT2D eigenvalue weighted by Crippen LogP contribution is -2.33. The predicted octanol–water partition coefficient (Wildman–Crippen LogP) is 12.3. The van der Waals surface area contributed by atoms with Crippen LogP contribution in [0.5, 0.6) is 0 Å². The molecule has 1 heterocycles. The Morgan fingerprint density at radius 1 is 0.962 bits per heavy atom. The third-order valence-corrected chi connectivity index (χ3v) is 11.2. The van der Waals surface area contributed by atoms with E-state index in [1.54, 1.807) is 23.2 Å². The van der Waals surface area contributed by atoms with Gasteiger partial charge in [0, 0.05) is 52.6 Å². The van der Waals surface area contributed by atoms with E-state index in [1.807, 2.05) is 31.2 Å². The number of hydrogen-bond donors (Lipinski definition) is 1. The highest BCUT2D eigenvalue weighted by Crippen LogP contribution is 2.50. The molecule has 0 spiro atoms. The lowest BCUT2D eigenvalue weighted by molar-refractivity contribution is 0.0359. The smallest absolute Gasteiger partial charge is 0.300 e. The molecule has 0 saturated carbocycles. The number of aryl methyl sites for hydroxylation is 3. The zero-order chi connectivity index (χ0) is 38.7. The van der Waals surface area contributed by atoms with E-state index in [0.29, 0.717) is 17.8 Å². The normalized spacial score (nSPS) is 14.0. The molecule has 0 atom stereocenters. The lowest BCUT2D eigenvalue weighted by atomic mass is 9.88. The van der Waals surface area contributed by atoms with Crippen molar-refractivity contribution in [3.05, 3.63) is 148 Å². The van der Waals surface area contributed by atoms with Crippen LogP contribution in [0.2, 0.25) is 0 Å². The molecule has 0 fully saturated rings. The van der Waals surface area contributed by atoms with E-state index < -0.39 is 39.4 Å². The van der Waals surface area contributed by atoms with Gasteiger partial charge in [0.2, 0.25) is 0 Å². The summed E-state index contributed by atoms with van der Waals surface area (Å²) in [5, 5.41) is 0. The van der Waals surface area contributed by atoms with Gasteiger partial charge in [0.05, 0.1) is 4.90 Å². The van der Waals surface area contributed by atoms with E-state index in [1.165, 1.54) is 19.9 Å². The number of anilines is 1. The topological polar surface area (TPSA) is 18.5 Å². The molecule has 3 nitrogen and oxygen atoms in total. The molecule has 1 N–H and O–H groups in total. The minimum absolute atomic E-state index is 0.0717. The Morgan fingerprint density at radius 3 is 2.31 bits per heavy atom. The van der Waals surface area contributed by atoms with Crippen molar-refractivity contribution in [2.75, 3.05) is 11.4 Å².